The Morgan fingerprint density at radius 3 is 1.56 bits per heavy atom. The fourth-order valence-corrected chi connectivity index (χ4v) is 2.22. The Hall–Kier alpha value is 1.99. The second-order valence-electron chi connectivity index (χ2n) is 2.15. The average molecular weight is 260 g/mol. The van der Waals surface area contributed by atoms with Crippen LogP contribution in [0.5, 0.6) is 0 Å². The summed E-state index contributed by atoms with van der Waals surface area (Å²) in [5.74, 6) is 0. The van der Waals surface area contributed by atoms with Crippen LogP contribution in [0.15, 0.2) is 0 Å². The summed E-state index contributed by atoms with van der Waals surface area (Å²) < 4.78 is 1.17. The molecule has 0 aromatic carbocycles. The average Bonchev–Trinajstić information content (AvgIpc) is 1.86. The third-order valence-corrected chi connectivity index (χ3v) is 3.19. The van der Waals surface area contributed by atoms with Crippen molar-refractivity contribution in [2.75, 3.05) is 0 Å². The molecule has 1 saturated carbocycles. The summed E-state index contributed by atoms with van der Waals surface area (Å²) in [6.45, 7) is 0. The van der Waals surface area contributed by atoms with Crippen LogP contribution in [0.1, 0.15) is 25.7 Å². The quantitative estimate of drug-likeness (QED) is 0.586. The minimum atomic E-state index is 0. The molecule has 1 fully saturated rings. The summed E-state index contributed by atoms with van der Waals surface area (Å²) >= 11 is 1.54. The zero-order valence-electron chi connectivity index (χ0n) is 4.93. The van der Waals surface area contributed by atoms with Gasteiger partial charge in [0.15, 0.2) is 0 Å². The van der Waals surface area contributed by atoms with E-state index in [0.29, 0.717) is 0 Å². The summed E-state index contributed by atoms with van der Waals surface area (Å²) in [5, 5.41) is 0. The van der Waals surface area contributed by atoms with Gasteiger partial charge in [0.05, 0.1) is 0 Å². The van der Waals surface area contributed by atoms with Crippen molar-refractivity contribution in [3.8, 4) is 0 Å². The Morgan fingerprint density at radius 2 is 1.44 bits per heavy atom. The first-order valence-electron chi connectivity index (χ1n) is 2.72. The van der Waals surface area contributed by atoms with Crippen molar-refractivity contribution in [2.24, 2.45) is 0 Å². The van der Waals surface area contributed by atoms with Crippen LogP contribution in [0.4, 0.5) is 0 Å². The van der Waals surface area contributed by atoms with Crippen LogP contribution in [-0.2, 0) is 18.3 Å². The van der Waals surface area contributed by atoms with E-state index < -0.39 is 0 Å². The van der Waals surface area contributed by atoms with Gasteiger partial charge in [-0.05, 0) is 0 Å². The van der Waals surface area contributed by atoms with E-state index in [1.807, 2.05) is 0 Å². The van der Waals surface area contributed by atoms with E-state index in [-0.39, 0.29) is 48.2 Å². The maximum absolute atomic E-state index is 1.54. The zero-order valence-corrected chi connectivity index (χ0v) is 10.4. The van der Waals surface area contributed by atoms with E-state index in [0.717, 1.165) is 0 Å². The predicted octanol–water partition coefficient (Wildman–Crippen LogP) is 2.25. The molecule has 0 aliphatic heterocycles. The normalized spacial score (nSPS) is 17.1. The number of halogens is 2. The summed E-state index contributed by atoms with van der Waals surface area (Å²) in [7, 11) is 0. The van der Waals surface area contributed by atoms with Crippen molar-refractivity contribution >= 4 is 48.2 Å². The molecule has 0 aromatic heterocycles. The van der Waals surface area contributed by atoms with Gasteiger partial charge in [-0.1, -0.05) is 0 Å². The molecule has 1 rings (SSSR count). The molecule has 0 spiro atoms. The van der Waals surface area contributed by atoms with Gasteiger partial charge in [0.1, 0.15) is 0 Å². The molecular formula is C5H12BrClLiZn. The van der Waals surface area contributed by atoms with E-state index >= 15 is 0 Å². The SMILES string of the molecule is Br.Cl.[LiH].[Zn][CH]1CCCC1. The van der Waals surface area contributed by atoms with Crippen LogP contribution in [0.3, 0.4) is 0 Å². The monoisotopic (exact) mass is 257 g/mol. The van der Waals surface area contributed by atoms with Gasteiger partial charge in [-0.2, -0.15) is 0 Å². The van der Waals surface area contributed by atoms with Crippen molar-refractivity contribution in [2.45, 2.75) is 30.2 Å². The second kappa shape index (κ2) is 9.99. The summed E-state index contributed by atoms with van der Waals surface area (Å²) in [4.78, 5) is 0. The summed E-state index contributed by atoms with van der Waals surface area (Å²) in [6.07, 6.45) is 6.12. The first-order chi connectivity index (χ1) is 2.89. The standard InChI is InChI=1S/C5H9.BrH.ClH.Li.Zn.H/c1-2-4-5-3-1;;;;;/h1H,2-5H2;2*1H;;;. The van der Waals surface area contributed by atoms with Crippen LogP contribution in [-0.4, -0.2) is 18.9 Å². The molecule has 0 nitrogen and oxygen atoms in total. The minimum absolute atomic E-state index is 0. The second-order valence-corrected chi connectivity index (χ2v) is 4.57. The molecule has 0 aromatic rings. The Labute approximate surface area is 96.0 Å². The van der Waals surface area contributed by atoms with Crippen LogP contribution >= 0.6 is 29.4 Å². The van der Waals surface area contributed by atoms with Crippen LogP contribution in [0.2, 0.25) is 4.51 Å². The Kier molecular flexibility index (Phi) is 19.1. The van der Waals surface area contributed by atoms with Gasteiger partial charge in [-0.15, -0.1) is 29.4 Å². The summed E-state index contributed by atoms with van der Waals surface area (Å²) in [6, 6.07) is 0. The summed E-state index contributed by atoms with van der Waals surface area (Å²) in [5.41, 5.74) is 0. The third kappa shape index (κ3) is 7.89. The number of rotatable bonds is 0. The molecule has 1 aliphatic carbocycles. The molecule has 1 aliphatic rings. The molecule has 0 atom stereocenters. The van der Waals surface area contributed by atoms with Crippen molar-refractivity contribution < 1.29 is 18.3 Å². The Balaban J connectivity index is -0.000000120. The third-order valence-electron chi connectivity index (χ3n) is 1.47. The fourth-order valence-electron chi connectivity index (χ4n) is 1.01. The van der Waals surface area contributed by atoms with Crippen LogP contribution in [0, 0.1) is 0 Å². The molecule has 4 heteroatoms. The van der Waals surface area contributed by atoms with Gasteiger partial charge in [0.25, 0.3) is 0 Å². The Bertz CT molecular complexity index is 50.2. The van der Waals surface area contributed by atoms with Gasteiger partial charge in [-0.25, -0.2) is 0 Å². The first-order valence-corrected chi connectivity index (χ1v) is 4.44. The van der Waals surface area contributed by atoms with E-state index in [2.05, 4.69) is 0 Å². The van der Waals surface area contributed by atoms with Crippen LogP contribution < -0.4 is 0 Å². The van der Waals surface area contributed by atoms with E-state index in [4.69, 9.17) is 0 Å². The van der Waals surface area contributed by atoms with Gasteiger partial charge < -0.3 is 0 Å². The van der Waals surface area contributed by atoms with Crippen molar-refractivity contribution in [3.63, 3.8) is 0 Å². The van der Waals surface area contributed by atoms with Gasteiger partial charge >= 0.3 is 67.4 Å². The molecule has 0 heterocycles. The topological polar surface area (TPSA) is 0 Å². The zero-order chi connectivity index (χ0) is 4.41. The number of hydrogen-bond acceptors (Lipinski definition) is 0. The molecule has 0 N–H and O–H groups in total. The van der Waals surface area contributed by atoms with E-state index in [9.17, 15) is 0 Å². The van der Waals surface area contributed by atoms with Gasteiger partial charge in [0, 0.05) is 0 Å². The van der Waals surface area contributed by atoms with Crippen molar-refractivity contribution in [1.29, 1.82) is 0 Å². The first kappa shape index (κ1) is 17.2. The molecule has 0 saturated heterocycles. The van der Waals surface area contributed by atoms with Gasteiger partial charge in [-0.3, -0.25) is 0 Å². The Morgan fingerprint density at radius 1 is 1.11 bits per heavy atom. The molecule has 0 bridgehead atoms. The van der Waals surface area contributed by atoms with Crippen molar-refractivity contribution in [1.82, 2.24) is 0 Å². The molecule has 49 valence electrons. The maximum atomic E-state index is 1.54. The van der Waals surface area contributed by atoms with Crippen LogP contribution in [0.25, 0.3) is 0 Å². The number of hydrogen-bond donors (Lipinski definition) is 0. The molecule has 0 unspecified atom stereocenters. The van der Waals surface area contributed by atoms with Crippen molar-refractivity contribution in [3.05, 3.63) is 0 Å². The van der Waals surface area contributed by atoms with Gasteiger partial charge in [0.2, 0.25) is 0 Å². The molecule has 0 radical (unpaired) electrons. The predicted molar refractivity (Wildman–Crippen MR) is 46.9 cm³/mol. The molecule has 9 heavy (non-hydrogen) atoms. The van der Waals surface area contributed by atoms with E-state index in [1.54, 1.807) is 31.1 Å². The molecule has 0 amide bonds. The molecular weight excluding hydrogens is 248 g/mol. The van der Waals surface area contributed by atoms with E-state index in [1.165, 1.54) is 17.4 Å². The fraction of sp³-hybridized carbons (Fsp3) is 1.00.